The summed E-state index contributed by atoms with van der Waals surface area (Å²) in [6.45, 7) is 2.50. The van der Waals surface area contributed by atoms with Crippen molar-refractivity contribution in [3.63, 3.8) is 0 Å². The fourth-order valence-corrected chi connectivity index (χ4v) is 1.87. The fourth-order valence-electron chi connectivity index (χ4n) is 1.87. The van der Waals surface area contributed by atoms with Crippen molar-refractivity contribution < 1.29 is 14.7 Å². The van der Waals surface area contributed by atoms with Gasteiger partial charge in [0.1, 0.15) is 5.82 Å². The SMILES string of the molecule is CCC(NC(=O)N1CC(C(=O)O)C1)c1ncc[nH]1. The number of carbonyl (C=O) groups excluding carboxylic acids is 1. The lowest BCUT2D eigenvalue weighted by molar-refractivity contribution is -0.146. The molecule has 0 aliphatic carbocycles. The molecule has 1 unspecified atom stereocenters. The highest BCUT2D eigenvalue weighted by Gasteiger charge is 2.36. The molecule has 2 heterocycles. The Morgan fingerprint density at radius 1 is 1.67 bits per heavy atom. The van der Waals surface area contributed by atoms with Gasteiger partial charge in [0.15, 0.2) is 0 Å². The van der Waals surface area contributed by atoms with Gasteiger partial charge in [-0.2, -0.15) is 0 Å². The molecule has 0 saturated carbocycles. The minimum absolute atomic E-state index is 0.170. The Kier molecular flexibility index (Phi) is 3.50. The number of likely N-dealkylation sites (tertiary alicyclic amines) is 1. The van der Waals surface area contributed by atoms with Crippen molar-refractivity contribution in [2.45, 2.75) is 19.4 Å². The molecule has 7 nitrogen and oxygen atoms in total. The summed E-state index contributed by atoms with van der Waals surface area (Å²) in [6.07, 6.45) is 4.05. The van der Waals surface area contributed by atoms with Crippen LogP contribution in [0.1, 0.15) is 25.2 Å². The number of carboxylic acid groups (broad SMARTS) is 1. The molecular formula is C11H16N4O3. The van der Waals surface area contributed by atoms with Gasteiger partial charge in [-0.05, 0) is 6.42 Å². The second-order valence-corrected chi connectivity index (χ2v) is 4.32. The first-order valence-electron chi connectivity index (χ1n) is 5.89. The molecule has 0 radical (unpaired) electrons. The summed E-state index contributed by atoms with van der Waals surface area (Å²) in [5.74, 6) is -0.572. The Hall–Kier alpha value is -2.05. The number of hydrogen-bond acceptors (Lipinski definition) is 3. The van der Waals surface area contributed by atoms with Crippen LogP contribution in [0.15, 0.2) is 12.4 Å². The number of urea groups is 1. The van der Waals surface area contributed by atoms with Crippen LogP contribution in [0.25, 0.3) is 0 Å². The Bertz CT molecular complexity index is 426. The van der Waals surface area contributed by atoms with Crippen molar-refractivity contribution in [3.8, 4) is 0 Å². The van der Waals surface area contributed by atoms with Crippen LogP contribution in [0.2, 0.25) is 0 Å². The fraction of sp³-hybridized carbons (Fsp3) is 0.545. The third kappa shape index (κ3) is 2.44. The van der Waals surface area contributed by atoms with E-state index in [0.29, 0.717) is 5.82 Å². The Morgan fingerprint density at radius 2 is 2.39 bits per heavy atom. The average Bonchev–Trinajstić information content (AvgIpc) is 2.76. The molecular weight excluding hydrogens is 236 g/mol. The van der Waals surface area contributed by atoms with Gasteiger partial charge in [0.05, 0.1) is 12.0 Å². The number of aromatic nitrogens is 2. The summed E-state index contributed by atoms with van der Waals surface area (Å²) in [5, 5.41) is 11.6. The third-order valence-corrected chi connectivity index (χ3v) is 3.07. The van der Waals surface area contributed by atoms with Crippen molar-refractivity contribution in [3.05, 3.63) is 18.2 Å². The van der Waals surface area contributed by atoms with Crippen LogP contribution in [-0.4, -0.2) is 45.1 Å². The highest BCUT2D eigenvalue weighted by molar-refractivity contribution is 5.79. The number of nitrogens with one attached hydrogen (secondary N) is 2. The molecule has 0 spiro atoms. The van der Waals surface area contributed by atoms with E-state index >= 15 is 0 Å². The highest BCUT2D eigenvalue weighted by atomic mass is 16.4. The number of imidazole rings is 1. The predicted octanol–water partition coefficient (Wildman–Crippen LogP) is 0.587. The first kappa shape index (κ1) is 12.4. The van der Waals surface area contributed by atoms with E-state index < -0.39 is 11.9 Å². The van der Waals surface area contributed by atoms with Gasteiger partial charge < -0.3 is 20.3 Å². The number of carboxylic acids is 1. The standard InChI is InChI=1S/C11H16N4O3/c1-2-8(9-12-3-4-13-9)14-11(18)15-5-7(6-15)10(16)17/h3-4,7-8H,2,5-6H2,1H3,(H,12,13)(H,14,18)(H,16,17). The van der Waals surface area contributed by atoms with Gasteiger partial charge in [0.25, 0.3) is 0 Å². The largest absolute Gasteiger partial charge is 0.481 e. The summed E-state index contributed by atoms with van der Waals surface area (Å²) in [4.78, 5) is 31.0. The minimum Gasteiger partial charge on any atom is -0.481 e. The number of aromatic amines is 1. The number of H-pyrrole nitrogens is 1. The molecule has 1 aliphatic heterocycles. The smallest absolute Gasteiger partial charge is 0.318 e. The molecule has 2 rings (SSSR count). The first-order chi connectivity index (χ1) is 8.61. The predicted molar refractivity (Wildman–Crippen MR) is 62.9 cm³/mol. The molecule has 7 heteroatoms. The second kappa shape index (κ2) is 5.07. The Labute approximate surface area is 104 Å². The quantitative estimate of drug-likeness (QED) is 0.730. The van der Waals surface area contributed by atoms with E-state index in [2.05, 4.69) is 15.3 Å². The lowest BCUT2D eigenvalue weighted by Gasteiger charge is -2.37. The van der Waals surface area contributed by atoms with Gasteiger partial charge in [0, 0.05) is 25.5 Å². The summed E-state index contributed by atoms with van der Waals surface area (Å²) in [7, 11) is 0. The molecule has 1 aromatic heterocycles. The topological polar surface area (TPSA) is 98.3 Å². The average molecular weight is 252 g/mol. The zero-order valence-electron chi connectivity index (χ0n) is 10.1. The normalized spacial score (nSPS) is 17.1. The summed E-state index contributed by atoms with van der Waals surface area (Å²) in [6, 6.07) is -0.410. The van der Waals surface area contributed by atoms with Crippen LogP contribution < -0.4 is 5.32 Å². The Morgan fingerprint density at radius 3 is 2.89 bits per heavy atom. The molecule has 0 bridgehead atoms. The van der Waals surface area contributed by atoms with Gasteiger partial charge in [-0.1, -0.05) is 6.92 Å². The molecule has 18 heavy (non-hydrogen) atoms. The van der Waals surface area contributed by atoms with Crippen molar-refractivity contribution in [2.75, 3.05) is 13.1 Å². The molecule has 2 amide bonds. The van der Waals surface area contributed by atoms with Gasteiger partial charge in [-0.25, -0.2) is 9.78 Å². The van der Waals surface area contributed by atoms with Gasteiger partial charge >= 0.3 is 12.0 Å². The zero-order chi connectivity index (χ0) is 13.1. The molecule has 0 aromatic carbocycles. The summed E-state index contributed by atoms with van der Waals surface area (Å²) >= 11 is 0. The van der Waals surface area contributed by atoms with Crippen molar-refractivity contribution in [1.29, 1.82) is 0 Å². The molecule has 1 atom stereocenters. The van der Waals surface area contributed by atoms with E-state index in [-0.39, 0.29) is 25.2 Å². The van der Waals surface area contributed by atoms with Crippen LogP contribution in [0.4, 0.5) is 4.79 Å². The van der Waals surface area contributed by atoms with E-state index in [1.54, 1.807) is 12.4 Å². The molecule has 1 aromatic rings. The lowest BCUT2D eigenvalue weighted by Crippen LogP contribution is -2.56. The van der Waals surface area contributed by atoms with Gasteiger partial charge in [0.2, 0.25) is 0 Å². The number of nitrogens with zero attached hydrogens (tertiary/aromatic N) is 2. The number of carbonyl (C=O) groups is 2. The van der Waals surface area contributed by atoms with E-state index in [4.69, 9.17) is 5.11 Å². The maximum Gasteiger partial charge on any atom is 0.318 e. The van der Waals surface area contributed by atoms with E-state index in [0.717, 1.165) is 6.42 Å². The molecule has 1 fully saturated rings. The molecule has 1 saturated heterocycles. The van der Waals surface area contributed by atoms with Gasteiger partial charge in [-0.3, -0.25) is 4.79 Å². The van der Waals surface area contributed by atoms with E-state index in [1.807, 2.05) is 6.92 Å². The van der Waals surface area contributed by atoms with E-state index in [9.17, 15) is 9.59 Å². The Balaban J connectivity index is 1.86. The van der Waals surface area contributed by atoms with Crippen molar-refractivity contribution >= 4 is 12.0 Å². The van der Waals surface area contributed by atoms with Gasteiger partial charge in [-0.15, -0.1) is 0 Å². The van der Waals surface area contributed by atoms with Crippen LogP contribution in [0.5, 0.6) is 0 Å². The van der Waals surface area contributed by atoms with Crippen molar-refractivity contribution in [2.24, 2.45) is 5.92 Å². The van der Waals surface area contributed by atoms with E-state index in [1.165, 1.54) is 4.90 Å². The highest BCUT2D eigenvalue weighted by Crippen LogP contribution is 2.18. The van der Waals surface area contributed by atoms with Crippen LogP contribution >= 0.6 is 0 Å². The zero-order valence-corrected chi connectivity index (χ0v) is 10.1. The maximum absolute atomic E-state index is 11.8. The van der Waals surface area contributed by atoms with Crippen LogP contribution in [0.3, 0.4) is 0 Å². The first-order valence-corrected chi connectivity index (χ1v) is 5.89. The second-order valence-electron chi connectivity index (χ2n) is 4.32. The number of hydrogen-bond donors (Lipinski definition) is 3. The molecule has 1 aliphatic rings. The summed E-state index contributed by atoms with van der Waals surface area (Å²) < 4.78 is 0. The maximum atomic E-state index is 11.8. The minimum atomic E-state index is -0.850. The van der Waals surface area contributed by atoms with Crippen LogP contribution in [0, 0.1) is 5.92 Å². The third-order valence-electron chi connectivity index (χ3n) is 3.07. The van der Waals surface area contributed by atoms with Crippen LogP contribution in [-0.2, 0) is 4.79 Å². The lowest BCUT2D eigenvalue weighted by atomic mass is 10.0. The number of rotatable bonds is 4. The van der Waals surface area contributed by atoms with Crippen molar-refractivity contribution in [1.82, 2.24) is 20.2 Å². The molecule has 3 N–H and O–H groups in total. The summed E-state index contributed by atoms with van der Waals surface area (Å²) in [5.41, 5.74) is 0. The number of aliphatic carboxylic acids is 1. The monoisotopic (exact) mass is 252 g/mol. The molecule has 98 valence electrons. The number of amides is 2.